The zero-order chi connectivity index (χ0) is 34.9. The van der Waals surface area contributed by atoms with Crippen molar-refractivity contribution in [1.82, 2.24) is 0 Å². The fourth-order valence-corrected chi connectivity index (χ4v) is 8.08. The Hall–Kier alpha value is -7.10. The third-order valence-corrected chi connectivity index (χ3v) is 10.6. The van der Waals surface area contributed by atoms with Gasteiger partial charge >= 0.3 is 0 Å². The van der Waals surface area contributed by atoms with Crippen LogP contribution in [0.3, 0.4) is 0 Å². The Balaban J connectivity index is 1.24. The van der Waals surface area contributed by atoms with Crippen LogP contribution in [0, 0.1) is 0 Å². The predicted molar refractivity (Wildman–Crippen MR) is 222 cm³/mol. The highest BCUT2D eigenvalue weighted by Crippen LogP contribution is 2.49. The van der Waals surface area contributed by atoms with Crippen LogP contribution < -0.4 is 4.90 Å². The summed E-state index contributed by atoms with van der Waals surface area (Å²) in [5.41, 5.74) is 10.8. The molecule has 11 aromatic rings. The van der Waals surface area contributed by atoms with Crippen molar-refractivity contribution in [3.63, 3.8) is 0 Å². The number of nitrogens with zero attached hydrogens (tertiary/aromatic N) is 1. The molecule has 3 nitrogen and oxygen atoms in total. The van der Waals surface area contributed by atoms with Crippen LogP contribution in [0.2, 0.25) is 0 Å². The molecule has 53 heavy (non-hydrogen) atoms. The third kappa shape index (κ3) is 4.75. The summed E-state index contributed by atoms with van der Waals surface area (Å²) >= 11 is 0. The molecular formula is C50H31NO2. The Morgan fingerprint density at radius 3 is 1.79 bits per heavy atom. The minimum Gasteiger partial charge on any atom is -0.455 e. The van der Waals surface area contributed by atoms with E-state index in [2.05, 4.69) is 181 Å². The number of benzene rings is 9. The Kier molecular flexibility index (Phi) is 6.55. The first-order chi connectivity index (χ1) is 26.3. The molecule has 0 bridgehead atoms. The van der Waals surface area contributed by atoms with Crippen LogP contribution in [-0.4, -0.2) is 0 Å². The summed E-state index contributed by atoms with van der Waals surface area (Å²) in [4.78, 5) is 2.36. The number of hydrogen-bond acceptors (Lipinski definition) is 3. The van der Waals surface area contributed by atoms with E-state index in [1.807, 2.05) is 12.1 Å². The summed E-state index contributed by atoms with van der Waals surface area (Å²) in [5.74, 6) is 0. The van der Waals surface area contributed by atoms with Crippen molar-refractivity contribution in [3.05, 3.63) is 188 Å². The summed E-state index contributed by atoms with van der Waals surface area (Å²) in [5, 5.41) is 9.03. The summed E-state index contributed by atoms with van der Waals surface area (Å²) in [6, 6.07) is 66.7. The van der Waals surface area contributed by atoms with E-state index in [9.17, 15) is 0 Å². The highest BCUT2D eigenvalue weighted by Gasteiger charge is 2.26. The monoisotopic (exact) mass is 677 g/mol. The average Bonchev–Trinajstić information content (AvgIpc) is 3.79. The summed E-state index contributed by atoms with van der Waals surface area (Å²) < 4.78 is 13.7. The van der Waals surface area contributed by atoms with Crippen LogP contribution in [0.4, 0.5) is 17.1 Å². The number of furan rings is 2. The molecule has 3 heteroatoms. The first kappa shape index (κ1) is 29.6. The lowest BCUT2D eigenvalue weighted by molar-refractivity contribution is 0.665. The lowest BCUT2D eigenvalue weighted by Gasteiger charge is -2.28. The van der Waals surface area contributed by atoms with Crippen LogP contribution in [-0.2, 0) is 0 Å². The maximum absolute atomic E-state index is 7.01. The molecule has 0 radical (unpaired) electrons. The lowest BCUT2D eigenvalue weighted by atomic mass is 9.96. The highest BCUT2D eigenvalue weighted by atomic mass is 16.3. The Morgan fingerprint density at radius 1 is 0.340 bits per heavy atom. The van der Waals surface area contributed by atoms with Gasteiger partial charge in [-0.05, 0) is 87.3 Å². The molecule has 0 fully saturated rings. The fourth-order valence-electron chi connectivity index (χ4n) is 8.08. The highest BCUT2D eigenvalue weighted by molar-refractivity contribution is 6.19. The van der Waals surface area contributed by atoms with E-state index in [4.69, 9.17) is 8.83 Å². The van der Waals surface area contributed by atoms with Crippen molar-refractivity contribution in [1.29, 1.82) is 0 Å². The zero-order valence-corrected chi connectivity index (χ0v) is 28.7. The SMILES string of the molecule is c1ccc(-c2ccc(N(c3ccc4ccccc4c3)c3ccc4c(oc5cc6ccccc6cc54)c3-c3cccc4c3oc3ccccc34)cc2)cc1. The van der Waals surface area contributed by atoms with Gasteiger partial charge in [0.25, 0.3) is 0 Å². The second-order valence-corrected chi connectivity index (χ2v) is 13.7. The molecule has 0 atom stereocenters. The van der Waals surface area contributed by atoms with Gasteiger partial charge in [0.05, 0.1) is 11.3 Å². The summed E-state index contributed by atoms with van der Waals surface area (Å²) in [7, 11) is 0. The maximum Gasteiger partial charge on any atom is 0.145 e. The third-order valence-electron chi connectivity index (χ3n) is 10.6. The second kappa shape index (κ2) is 11.7. The van der Waals surface area contributed by atoms with E-state index >= 15 is 0 Å². The molecule has 0 saturated carbocycles. The number of hydrogen-bond donors (Lipinski definition) is 0. The Bertz CT molecular complexity index is 3170. The van der Waals surface area contributed by atoms with E-state index in [1.165, 1.54) is 27.3 Å². The van der Waals surface area contributed by atoms with Gasteiger partial charge in [0.15, 0.2) is 0 Å². The molecular weight excluding hydrogens is 647 g/mol. The molecule has 0 amide bonds. The van der Waals surface area contributed by atoms with Crippen molar-refractivity contribution < 1.29 is 8.83 Å². The molecule has 2 aromatic heterocycles. The molecule has 0 aliphatic rings. The van der Waals surface area contributed by atoms with E-state index in [0.29, 0.717) is 0 Å². The van der Waals surface area contributed by atoms with Gasteiger partial charge in [-0.1, -0.05) is 133 Å². The van der Waals surface area contributed by atoms with Crippen molar-refractivity contribution >= 4 is 82.5 Å². The Labute approximate surface area is 305 Å². The van der Waals surface area contributed by atoms with Crippen LogP contribution in [0.15, 0.2) is 197 Å². The average molecular weight is 678 g/mol. The minimum absolute atomic E-state index is 0.826. The normalized spacial score (nSPS) is 11.8. The fraction of sp³-hybridized carbons (Fsp3) is 0. The van der Waals surface area contributed by atoms with Gasteiger partial charge in [-0.3, -0.25) is 0 Å². The largest absolute Gasteiger partial charge is 0.455 e. The summed E-state index contributed by atoms with van der Waals surface area (Å²) in [6.07, 6.45) is 0. The van der Waals surface area contributed by atoms with Gasteiger partial charge in [0, 0.05) is 38.5 Å². The molecule has 11 rings (SSSR count). The standard InChI is InChI=1S/C50H31NO2/c1-2-11-32(12-3-1)34-21-24-38(25-22-34)51(39-26-23-33-13-4-5-14-35(33)29-39)45-28-27-42-44-30-36-15-6-7-16-37(36)31-47(44)53-50(42)48(45)43-19-10-18-41-40-17-8-9-20-46(40)52-49(41)43/h1-31H. The molecule has 0 unspecified atom stereocenters. The maximum atomic E-state index is 7.01. The predicted octanol–water partition coefficient (Wildman–Crippen LogP) is 14.6. The second-order valence-electron chi connectivity index (χ2n) is 13.7. The zero-order valence-electron chi connectivity index (χ0n) is 28.7. The molecule has 0 spiro atoms. The van der Waals surface area contributed by atoms with E-state index < -0.39 is 0 Å². The lowest BCUT2D eigenvalue weighted by Crippen LogP contribution is -2.11. The van der Waals surface area contributed by atoms with Crippen molar-refractivity contribution in [2.24, 2.45) is 0 Å². The molecule has 0 saturated heterocycles. The Morgan fingerprint density at radius 2 is 0.962 bits per heavy atom. The molecule has 0 aliphatic heterocycles. The number of fused-ring (bicyclic) bond motifs is 8. The van der Waals surface area contributed by atoms with Gasteiger partial charge in [-0.15, -0.1) is 0 Å². The van der Waals surface area contributed by atoms with Crippen LogP contribution in [0.1, 0.15) is 0 Å². The topological polar surface area (TPSA) is 29.5 Å². The smallest absolute Gasteiger partial charge is 0.145 e. The van der Waals surface area contributed by atoms with Gasteiger partial charge in [-0.25, -0.2) is 0 Å². The van der Waals surface area contributed by atoms with Gasteiger partial charge in [0.1, 0.15) is 22.3 Å². The minimum atomic E-state index is 0.826. The summed E-state index contributed by atoms with van der Waals surface area (Å²) in [6.45, 7) is 0. The van der Waals surface area contributed by atoms with Gasteiger partial charge in [0.2, 0.25) is 0 Å². The van der Waals surface area contributed by atoms with Crippen LogP contribution >= 0.6 is 0 Å². The first-order valence-electron chi connectivity index (χ1n) is 18.0. The molecule has 2 heterocycles. The van der Waals surface area contributed by atoms with Crippen molar-refractivity contribution in [2.75, 3.05) is 4.90 Å². The number of rotatable bonds is 5. The number of anilines is 3. The van der Waals surface area contributed by atoms with E-state index in [-0.39, 0.29) is 0 Å². The van der Waals surface area contributed by atoms with Crippen molar-refractivity contribution in [2.45, 2.75) is 0 Å². The molecule has 0 aliphatic carbocycles. The first-order valence-corrected chi connectivity index (χ1v) is 18.0. The number of para-hydroxylation sites is 2. The van der Waals surface area contributed by atoms with E-state index in [1.54, 1.807) is 0 Å². The van der Waals surface area contributed by atoms with Crippen molar-refractivity contribution in [3.8, 4) is 22.3 Å². The van der Waals surface area contributed by atoms with Crippen LogP contribution in [0.5, 0.6) is 0 Å². The molecule has 0 N–H and O–H groups in total. The quantitative estimate of drug-likeness (QED) is 0.182. The van der Waals surface area contributed by atoms with Gasteiger partial charge in [-0.2, -0.15) is 0 Å². The van der Waals surface area contributed by atoms with Gasteiger partial charge < -0.3 is 13.7 Å². The van der Waals surface area contributed by atoms with Crippen LogP contribution in [0.25, 0.3) is 87.7 Å². The molecule has 9 aromatic carbocycles. The molecule has 248 valence electrons. The van der Waals surface area contributed by atoms with E-state index in [0.717, 1.165) is 77.5 Å².